The van der Waals surface area contributed by atoms with Crippen LogP contribution in [0.3, 0.4) is 0 Å². The van der Waals surface area contributed by atoms with Crippen molar-refractivity contribution in [3.8, 4) is 0 Å². The van der Waals surface area contributed by atoms with E-state index in [4.69, 9.17) is 0 Å². The van der Waals surface area contributed by atoms with Gasteiger partial charge in [0.2, 0.25) is 0 Å². The van der Waals surface area contributed by atoms with Gasteiger partial charge in [-0.3, -0.25) is 0 Å². The minimum absolute atomic E-state index is 0.473. The van der Waals surface area contributed by atoms with E-state index >= 15 is 0 Å². The Morgan fingerprint density at radius 3 is 1.90 bits per heavy atom. The predicted molar refractivity (Wildman–Crippen MR) is 114 cm³/mol. The van der Waals surface area contributed by atoms with E-state index in [1.807, 2.05) is 0 Å². The molecule has 4 heteroatoms. The molecular formula is C25H24F3N. The van der Waals surface area contributed by atoms with Gasteiger partial charge in [0.1, 0.15) is 0 Å². The Labute approximate surface area is 169 Å². The molecule has 0 bridgehead atoms. The highest BCUT2D eigenvalue weighted by Crippen LogP contribution is 2.30. The topological polar surface area (TPSA) is 12.0 Å². The van der Waals surface area contributed by atoms with Gasteiger partial charge in [0.15, 0.2) is 0 Å². The van der Waals surface area contributed by atoms with E-state index in [1.165, 1.54) is 17.2 Å². The number of aryl methyl sites for hydroxylation is 2. The molecule has 0 saturated carbocycles. The number of hydrogen-bond acceptors (Lipinski definition) is 1. The van der Waals surface area contributed by atoms with E-state index in [-0.39, 0.29) is 0 Å². The average molecular weight is 395 g/mol. The fourth-order valence-electron chi connectivity index (χ4n) is 3.11. The molecule has 29 heavy (non-hydrogen) atoms. The second kappa shape index (κ2) is 8.99. The van der Waals surface area contributed by atoms with Crippen molar-refractivity contribution in [2.45, 2.75) is 26.4 Å². The molecule has 0 spiro atoms. The van der Waals surface area contributed by atoms with Crippen LogP contribution in [0.5, 0.6) is 0 Å². The SMILES string of the molecule is Cc1ccc(C(=CCCNc2cccc(C(F)(F)F)c2)c2ccc(C)cc2)cc1. The first-order chi connectivity index (χ1) is 13.8. The molecular weight excluding hydrogens is 371 g/mol. The van der Waals surface area contributed by atoms with Crippen LogP contribution < -0.4 is 5.32 Å². The Hall–Kier alpha value is -3.01. The molecule has 0 aliphatic carbocycles. The summed E-state index contributed by atoms with van der Waals surface area (Å²) in [5, 5.41) is 3.09. The molecule has 0 heterocycles. The summed E-state index contributed by atoms with van der Waals surface area (Å²) in [6, 6.07) is 22.0. The fourth-order valence-corrected chi connectivity index (χ4v) is 3.11. The standard InChI is InChI=1S/C25H24F3N/c1-18-8-12-20(13-9-18)24(21-14-10-19(2)11-15-21)7-4-16-29-23-6-3-5-22(17-23)25(26,27)28/h3,5-15,17,29H,4,16H2,1-2H3. The van der Waals surface area contributed by atoms with Crippen LogP contribution in [0.2, 0.25) is 0 Å². The lowest BCUT2D eigenvalue weighted by atomic mass is 9.95. The highest BCUT2D eigenvalue weighted by Gasteiger charge is 2.30. The van der Waals surface area contributed by atoms with Crippen molar-refractivity contribution in [1.82, 2.24) is 0 Å². The number of rotatable bonds is 6. The fraction of sp³-hybridized carbons (Fsp3) is 0.200. The van der Waals surface area contributed by atoms with Crippen molar-refractivity contribution < 1.29 is 13.2 Å². The first-order valence-corrected chi connectivity index (χ1v) is 9.58. The molecule has 3 rings (SSSR count). The van der Waals surface area contributed by atoms with Crippen molar-refractivity contribution in [3.05, 3.63) is 107 Å². The minimum Gasteiger partial charge on any atom is -0.385 e. The molecule has 0 fully saturated rings. The zero-order valence-corrected chi connectivity index (χ0v) is 16.6. The molecule has 0 unspecified atom stereocenters. The lowest BCUT2D eigenvalue weighted by Gasteiger charge is -2.12. The third kappa shape index (κ3) is 5.74. The van der Waals surface area contributed by atoms with Gasteiger partial charge in [-0.2, -0.15) is 13.2 Å². The van der Waals surface area contributed by atoms with Gasteiger partial charge in [-0.1, -0.05) is 71.8 Å². The lowest BCUT2D eigenvalue weighted by Crippen LogP contribution is -2.07. The molecule has 150 valence electrons. The van der Waals surface area contributed by atoms with Gasteiger partial charge in [-0.05, 0) is 55.2 Å². The van der Waals surface area contributed by atoms with Crippen LogP contribution in [0, 0.1) is 13.8 Å². The number of anilines is 1. The Bertz CT molecular complexity index is 921. The Morgan fingerprint density at radius 1 is 0.828 bits per heavy atom. The van der Waals surface area contributed by atoms with Gasteiger partial charge in [0.05, 0.1) is 5.56 Å². The minimum atomic E-state index is -4.33. The van der Waals surface area contributed by atoms with Crippen molar-refractivity contribution in [2.24, 2.45) is 0 Å². The number of halogens is 3. The molecule has 3 aromatic rings. The van der Waals surface area contributed by atoms with Crippen molar-refractivity contribution in [2.75, 3.05) is 11.9 Å². The van der Waals surface area contributed by atoms with Crippen LogP contribution in [0.25, 0.3) is 5.57 Å². The molecule has 0 amide bonds. The van der Waals surface area contributed by atoms with E-state index in [2.05, 4.69) is 73.8 Å². The van der Waals surface area contributed by atoms with E-state index in [0.717, 1.165) is 28.8 Å². The molecule has 0 aliphatic heterocycles. The summed E-state index contributed by atoms with van der Waals surface area (Å²) in [6.45, 7) is 4.65. The van der Waals surface area contributed by atoms with Gasteiger partial charge < -0.3 is 5.32 Å². The summed E-state index contributed by atoms with van der Waals surface area (Å²) < 4.78 is 38.6. The van der Waals surface area contributed by atoms with Crippen LogP contribution in [-0.4, -0.2) is 6.54 Å². The number of alkyl halides is 3. The highest BCUT2D eigenvalue weighted by atomic mass is 19.4. The molecule has 0 aromatic heterocycles. The van der Waals surface area contributed by atoms with Crippen molar-refractivity contribution in [1.29, 1.82) is 0 Å². The maximum Gasteiger partial charge on any atom is 0.416 e. The van der Waals surface area contributed by atoms with Gasteiger partial charge >= 0.3 is 6.18 Å². The van der Waals surface area contributed by atoms with Crippen LogP contribution in [-0.2, 0) is 6.18 Å². The Kier molecular flexibility index (Phi) is 6.42. The molecule has 1 nitrogen and oxygen atoms in total. The van der Waals surface area contributed by atoms with E-state index in [1.54, 1.807) is 6.07 Å². The molecule has 3 aromatic carbocycles. The summed E-state index contributed by atoms with van der Waals surface area (Å²) in [5.74, 6) is 0. The summed E-state index contributed by atoms with van der Waals surface area (Å²) in [6.07, 6.45) is -1.51. The van der Waals surface area contributed by atoms with Crippen molar-refractivity contribution >= 4 is 11.3 Å². The number of nitrogens with one attached hydrogen (secondary N) is 1. The average Bonchev–Trinajstić information content (AvgIpc) is 2.70. The second-order valence-electron chi connectivity index (χ2n) is 7.14. The van der Waals surface area contributed by atoms with Gasteiger partial charge in [-0.25, -0.2) is 0 Å². The summed E-state index contributed by atoms with van der Waals surface area (Å²) >= 11 is 0. The van der Waals surface area contributed by atoms with Crippen LogP contribution in [0.1, 0.15) is 34.2 Å². The highest BCUT2D eigenvalue weighted by molar-refractivity contribution is 5.80. The quantitative estimate of drug-likeness (QED) is 0.433. The zero-order chi connectivity index (χ0) is 20.9. The molecule has 0 radical (unpaired) electrons. The maximum atomic E-state index is 12.9. The summed E-state index contributed by atoms with van der Waals surface area (Å²) in [7, 11) is 0. The van der Waals surface area contributed by atoms with Gasteiger partial charge in [0, 0.05) is 12.2 Å². The zero-order valence-electron chi connectivity index (χ0n) is 16.6. The first kappa shape index (κ1) is 20.7. The largest absolute Gasteiger partial charge is 0.416 e. The molecule has 0 aliphatic rings. The monoisotopic (exact) mass is 395 g/mol. The third-order valence-electron chi connectivity index (χ3n) is 4.74. The van der Waals surface area contributed by atoms with E-state index in [9.17, 15) is 13.2 Å². The second-order valence-corrected chi connectivity index (χ2v) is 7.14. The molecule has 0 atom stereocenters. The van der Waals surface area contributed by atoms with Crippen LogP contribution >= 0.6 is 0 Å². The molecule has 1 N–H and O–H groups in total. The Balaban J connectivity index is 1.75. The van der Waals surface area contributed by atoms with E-state index < -0.39 is 11.7 Å². The number of hydrogen-bond donors (Lipinski definition) is 1. The van der Waals surface area contributed by atoms with Crippen LogP contribution in [0.15, 0.2) is 78.9 Å². The number of benzene rings is 3. The first-order valence-electron chi connectivity index (χ1n) is 9.58. The van der Waals surface area contributed by atoms with Gasteiger partial charge in [-0.15, -0.1) is 0 Å². The lowest BCUT2D eigenvalue weighted by molar-refractivity contribution is -0.137. The van der Waals surface area contributed by atoms with E-state index in [0.29, 0.717) is 18.7 Å². The van der Waals surface area contributed by atoms with Crippen molar-refractivity contribution in [3.63, 3.8) is 0 Å². The maximum absolute atomic E-state index is 12.9. The normalized spacial score (nSPS) is 11.2. The Morgan fingerprint density at radius 2 is 1.38 bits per heavy atom. The van der Waals surface area contributed by atoms with Crippen LogP contribution in [0.4, 0.5) is 18.9 Å². The summed E-state index contributed by atoms with van der Waals surface area (Å²) in [4.78, 5) is 0. The molecule has 0 saturated heterocycles. The smallest absolute Gasteiger partial charge is 0.385 e. The predicted octanol–water partition coefficient (Wildman–Crippen LogP) is 7.26. The third-order valence-corrected chi connectivity index (χ3v) is 4.74. The van der Waals surface area contributed by atoms with Gasteiger partial charge in [0.25, 0.3) is 0 Å². The summed E-state index contributed by atoms with van der Waals surface area (Å²) in [5.41, 5.74) is 5.60.